The number of rotatable bonds is 6. The molecule has 6 nitrogen and oxygen atoms in total. The highest BCUT2D eigenvalue weighted by Crippen LogP contribution is 2.33. The molecule has 0 aliphatic carbocycles. The zero-order valence-corrected chi connectivity index (χ0v) is 20.7. The first-order valence-electron chi connectivity index (χ1n) is 11.2. The molecule has 3 aromatic rings. The minimum Gasteiger partial charge on any atom is -0.495 e. The van der Waals surface area contributed by atoms with Crippen LogP contribution in [0.3, 0.4) is 0 Å². The van der Waals surface area contributed by atoms with Crippen LogP contribution in [0, 0.1) is 0 Å². The van der Waals surface area contributed by atoms with E-state index in [2.05, 4.69) is 10.2 Å². The second-order valence-corrected chi connectivity index (χ2v) is 8.87. The molecule has 1 aliphatic heterocycles. The lowest BCUT2D eigenvalue weighted by Gasteiger charge is -2.36. The quantitative estimate of drug-likeness (QED) is 0.438. The summed E-state index contributed by atoms with van der Waals surface area (Å²) in [5.41, 5.74) is 3.05. The van der Waals surface area contributed by atoms with Gasteiger partial charge in [-0.05, 0) is 54.6 Å². The van der Waals surface area contributed by atoms with Gasteiger partial charge in [0.15, 0.2) is 0 Å². The van der Waals surface area contributed by atoms with Crippen molar-refractivity contribution in [2.24, 2.45) is 0 Å². The van der Waals surface area contributed by atoms with Gasteiger partial charge in [0.2, 0.25) is 5.91 Å². The van der Waals surface area contributed by atoms with E-state index in [4.69, 9.17) is 27.9 Å². The Hall–Kier alpha value is -3.48. The fraction of sp³-hybridized carbons (Fsp3) is 0.185. The van der Waals surface area contributed by atoms with Crippen LogP contribution in [0.4, 0.5) is 11.4 Å². The SMILES string of the molecule is COc1c(Cl)cc(Cl)cc1C=CC(=O)Nc1ccc(N2CCN(C(=O)c3ccccc3)CC2)cc1. The van der Waals surface area contributed by atoms with Gasteiger partial charge in [0.1, 0.15) is 5.75 Å². The third-order valence-corrected chi connectivity index (χ3v) is 6.24. The molecule has 180 valence electrons. The molecule has 1 fully saturated rings. The van der Waals surface area contributed by atoms with Crippen LogP contribution in [0.15, 0.2) is 72.8 Å². The summed E-state index contributed by atoms with van der Waals surface area (Å²) in [6.45, 7) is 2.82. The minimum absolute atomic E-state index is 0.0639. The summed E-state index contributed by atoms with van der Waals surface area (Å²) in [6, 6.07) is 20.3. The lowest BCUT2D eigenvalue weighted by molar-refractivity contribution is -0.111. The molecule has 35 heavy (non-hydrogen) atoms. The average molecular weight is 510 g/mol. The first-order chi connectivity index (χ1) is 16.9. The maximum atomic E-state index is 12.6. The van der Waals surface area contributed by atoms with E-state index in [0.29, 0.717) is 45.7 Å². The van der Waals surface area contributed by atoms with Crippen LogP contribution in [-0.2, 0) is 4.79 Å². The number of hydrogen-bond acceptors (Lipinski definition) is 4. The van der Waals surface area contributed by atoms with Crippen LogP contribution < -0.4 is 15.0 Å². The highest BCUT2D eigenvalue weighted by atomic mass is 35.5. The molecule has 4 rings (SSSR count). The Morgan fingerprint density at radius 1 is 0.943 bits per heavy atom. The number of amides is 2. The summed E-state index contributed by atoms with van der Waals surface area (Å²) in [5, 5.41) is 3.68. The molecule has 1 aliphatic rings. The van der Waals surface area contributed by atoms with E-state index < -0.39 is 0 Å². The zero-order valence-electron chi connectivity index (χ0n) is 19.2. The number of piperazine rings is 1. The lowest BCUT2D eigenvalue weighted by atomic mass is 10.1. The number of nitrogens with zero attached hydrogens (tertiary/aromatic N) is 2. The maximum absolute atomic E-state index is 12.6. The van der Waals surface area contributed by atoms with Gasteiger partial charge in [-0.25, -0.2) is 0 Å². The Bertz CT molecular complexity index is 1220. The van der Waals surface area contributed by atoms with E-state index >= 15 is 0 Å². The summed E-state index contributed by atoms with van der Waals surface area (Å²) in [6.07, 6.45) is 3.01. The smallest absolute Gasteiger partial charge is 0.253 e. The topological polar surface area (TPSA) is 61.9 Å². The van der Waals surface area contributed by atoms with Gasteiger partial charge in [0.25, 0.3) is 5.91 Å². The van der Waals surface area contributed by atoms with E-state index in [1.165, 1.54) is 13.2 Å². The summed E-state index contributed by atoms with van der Waals surface area (Å²) in [4.78, 5) is 29.2. The monoisotopic (exact) mass is 509 g/mol. The van der Waals surface area contributed by atoms with Crippen molar-refractivity contribution < 1.29 is 14.3 Å². The highest BCUT2D eigenvalue weighted by Gasteiger charge is 2.22. The van der Waals surface area contributed by atoms with Crippen LogP contribution in [0.5, 0.6) is 5.75 Å². The van der Waals surface area contributed by atoms with Gasteiger partial charge in [-0.15, -0.1) is 0 Å². The number of methoxy groups -OCH3 is 1. The molecular weight excluding hydrogens is 485 g/mol. The number of halogens is 2. The zero-order chi connectivity index (χ0) is 24.8. The largest absolute Gasteiger partial charge is 0.495 e. The standard InChI is InChI=1S/C27H25Cl2N3O3/c1-35-26-20(17-21(28)18-24(26)29)7-12-25(33)30-22-8-10-23(11-9-22)31-13-15-32(16-14-31)27(34)19-5-3-2-4-6-19/h2-12,17-18H,13-16H2,1H3,(H,30,33). The first-order valence-corrected chi connectivity index (χ1v) is 11.9. The Morgan fingerprint density at radius 2 is 1.63 bits per heavy atom. The Kier molecular flexibility index (Phi) is 7.95. The van der Waals surface area contributed by atoms with E-state index in [1.54, 1.807) is 18.2 Å². The van der Waals surface area contributed by atoms with Crippen molar-refractivity contribution in [1.29, 1.82) is 0 Å². The normalized spacial score (nSPS) is 13.7. The number of ether oxygens (including phenoxy) is 1. The molecule has 1 heterocycles. The average Bonchev–Trinajstić information content (AvgIpc) is 2.88. The minimum atomic E-state index is -0.288. The van der Waals surface area contributed by atoms with Gasteiger partial charge in [0, 0.05) is 59.8 Å². The predicted molar refractivity (Wildman–Crippen MR) is 142 cm³/mol. The molecule has 0 aromatic heterocycles. The van der Waals surface area contributed by atoms with Gasteiger partial charge >= 0.3 is 0 Å². The number of anilines is 2. The number of benzene rings is 3. The molecule has 2 amide bonds. The van der Waals surface area contributed by atoms with Crippen molar-refractivity contribution in [1.82, 2.24) is 4.90 Å². The number of hydrogen-bond donors (Lipinski definition) is 1. The van der Waals surface area contributed by atoms with Crippen molar-refractivity contribution in [3.8, 4) is 5.75 Å². The van der Waals surface area contributed by atoms with Crippen molar-refractivity contribution in [3.63, 3.8) is 0 Å². The van der Waals surface area contributed by atoms with Crippen LogP contribution in [-0.4, -0.2) is 50.0 Å². The van der Waals surface area contributed by atoms with Crippen molar-refractivity contribution in [3.05, 3.63) is 94.0 Å². The van der Waals surface area contributed by atoms with Crippen molar-refractivity contribution >= 4 is 52.5 Å². The van der Waals surface area contributed by atoms with Crippen LogP contribution >= 0.6 is 23.2 Å². The van der Waals surface area contributed by atoms with Gasteiger partial charge in [-0.1, -0.05) is 41.4 Å². The molecule has 0 unspecified atom stereocenters. The molecule has 1 N–H and O–H groups in total. The molecule has 0 atom stereocenters. The van der Waals surface area contributed by atoms with Crippen LogP contribution in [0.1, 0.15) is 15.9 Å². The maximum Gasteiger partial charge on any atom is 0.253 e. The molecule has 1 saturated heterocycles. The molecule has 0 spiro atoms. The first kappa shape index (κ1) is 24.6. The second-order valence-electron chi connectivity index (χ2n) is 8.02. The molecule has 0 radical (unpaired) electrons. The summed E-state index contributed by atoms with van der Waals surface area (Å²) in [5.74, 6) is 0.230. The fourth-order valence-corrected chi connectivity index (χ4v) is 4.54. The van der Waals surface area contributed by atoms with Gasteiger partial charge < -0.3 is 19.9 Å². The Balaban J connectivity index is 1.32. The lowest BCUT2D eigenvalue weighted by Crippen LogP contribution is -2.48. The predicted octanol–water partition coefficient (Wildman–Crippen LogP) is 5.62. The van der Waals surface area contributed by atoms with Gasteiger partial charge in [0.05, 0.1) is 12.1 Å². The van der Waals surface area contributed by atoms with Crippen molar-refractivity contribution in [2.75, 3.05) is 43.5 Å². The molecular formula is C27H25Cl2N3O3. The summed E-state index contributed by atoms with van der Waals surface area (Å²) in [7, 11) is 1.51. The highest BCUT2D eigenvalue weighted by molar-refractivity contribution is 6.36. The third-order valence-electron chi connectivity index (χ3n) is 5.74. The fourth-order valence-electron chi connectivity index (χ4n) is 3.96. The Labute approximate surface area is 214 Å². The molecule has 8 heteroatoms. The molecule has 0 bridgehead atoms. The summed E-state index contributed by atoms with van der Waals surface area (Å²) < 4.78 is 5.29. The Morgan fingerprint density at radius 3 is 2.29 bits per heavy atom. The van der Waals surface area contributed by atoms with Crippen LogP contribution in [0.2, 0.25) is 10.0 Å². The molecule has 0 saturated carbocycles. The van der Waals surface area contributed by atoms with E-state index in [1.807, 2.05) is 59.5 Å². The number of carbonyl (C=O) groups is 2. The van der Waals surface area contributed by atoms with Gasteiger partial charge in [-0.3, -0.25) is 9.59 Å². The third kappa shape index (κ3) is 6.15. The molecule has 3 aromatic carbocycles. The number of nitrogens with one attached hydrogen (secondary N) is 1. The van der Waals surface area contributed by atoms with Crippen LogP contribution in [0.25, 0.3) is 6.08 Å². The van der Waals surface area contributed by atoms with E-state index in [0.717, 1.165) is 18.8 Å². The van der Waals surface area contributed by atoms with E-state index in [-0.39, 0.29) is 11.8 Å². The van der Waals surface area contributed by atoms with Gasteiger partial charge in [-0.2, -0.15) is 0 Å². The number of carbonyl (C=O) groups excluding carboxylic acids is 2. The summed E-state index contributed by atoms with van der Waals surface area (Å²) >= 11 is 12.2. The second kappa shape index (κ2) is 11.3. The van der Waals surface area contributed by atoms with Crippen molar-refractivity contribution in [2.45, 2.75) is 0 Å². The van der Waals surface area contributed by atoms with E-state index in [9.17, 15) is 9.59 Å².